The van der Waals surface area contributed by atoms with Crippen LogP contribution in [0, 0.1) is 20.8 Å². The fraction of sp³-hybridized carbons (Fsp3) is 0.167. The number of aryl methyl sites for hydroxylation is 3. The van der Waals surface area contributed by atoms with Crippen molar-refractivity contribution in [3.63, 3.8) is 0 Å². The van der Waals surface area contributed by atoms with Gasteiger partial charge in [-0.1, -0.05) is 30.3 Å². The van der Waals surface area contributed by atoms with Crippen molar-refractivity contribution >= 4 is 23.2 Å². The minimum Gasteiger partial charge on any atom is -0.483 e. The summed E-state index contributed by atoms with van der Waals surface area (Å²) in [5.41, 5.74) is 4.85. The zero-order valence-electron chi connectivity index (χ0n) is 16.8. The van der Waals surface area contributed by atoms with Crippen molar-refractivity contribution in [3.8, 4) is 5.75 Å². The molecule has 5 nitrogen and oxygen atoms in total. The van der Waals surface area contributed by atoms with E-state index in [0.717, 1.165) is 16.7 Å². The van der Waals surface area contributed by atoms with Crippen LogP contribution >= 0.6 is 0 Å². The van der Waals surface area contributed by atoms with Crippen LogP contribution in [0.5, 0.6) is 5.75 Å². The quantitative estimate of drug-likeness (QED) is 0.632. The van der Waals surface area contributed by atoms with Crippen LogP contribution in [-0.2, 0) is 4.79 Å². The van der Waals surface area contributed by atoms with Gasteiger partial charge in [0.15, 0.2) is 6.61 Å². The Morgan fingerprint density at radius 3 is 2.31 bits per heavy atom. The molecule has 3 aromatic rings. The Morgan fingerprint density at radius 1 is 0.828 bits per heavy atom. The number of hydrogen-bond donors (Lipinski definition) is 2. The average Bonchev–Trinajstić information content (AvgIpc) is 2.71. The van der Waals surface area contributed by atoms with E-state index in [1.165, 1.54) is 0 Å². The van der Waals surface area contributed by atoms with Gasteiger partial charge in [-0.3, -0.25) is 9.59 Å². The van der Waals surface area contributed by atoms with Gasteiger partial charge in [0, 0.05) is 16.9 Å². The Kier molecular flexibility index (Phi) is 6.29. The molecule has 3 rings (SSSR count). The molecule has 0 saturated carbocycles. The standard InChI is InChI=1S/C24H24N2O3/c1-16-9-10-17(2)22(13-16)29-15-23(27)25-20-11-12-21(18(3)14-20)26-24(28)19-7-5-4-6-8-19/h4-14H,15H2,1-3H3,(H,25,27)(H,26,28). The summed E-state index contributed by atoms with van der Waals surface area (Å²) < 4.78 is 5.64. The minimum atomic E-state index is -0.244. The number of nitrogens with one attached hydrogen (secondary N) is 2. The lowest BCUT2D eigenvalue weighted by Gasteiger charge is -2.12. The van der Waals surface area contributed by atoms with Crippen LogP contribution in [0.4, 0.5) is 11.4 Å². The van der Waals surface area contributed by atoms with E-state index in [4.69, 9.17) is 4.74 Å². The zero-order valence-corrected chi connectivity index (χ0v) is 16.8. The number of amides is 2. The second kappa shape index (κ2) is 9.06. The lowest BCUT2D eigenvalue weighted by atomic mass is 10.1. The van der Waals surface area contributed by atoms with Crippen molar-refractivity contribution in [1.29, 1.82) is 0 Å². The highest BCUT2D eigenvalue weighted by Crippen LogP contribution is 2.21. The molecule has 0 spiro atoms. The number of carbonyl (C=O) groups is 2. The van der Waals surface area contributed by atoms with Gasteiger partial charge in [-0.05, 0) is 73.9 Å². The van der Waals surface area contributed by atoms with Crippen LogP contribution in [0.3, 0.4) is 0 Å². The van der Waals surface area contributed by atoms with Crippen LogP contribution in [0.2, 0.25) is 0 Å². The molecule has 0 aliphatic rings. The maximum atomic E-state index is 12.3. The molecule has 0 atom stereocenters. The van der Waals surface area contributed by atoms with Gasteiger partial charge >= 0.3 is 0 Å². The molecule has 0 unspecified atom stereocenters. The Morgan fingerprint density at radius 2 is 1.59 bits per heavy atom. The third-order valence-electron chi connectivity index (χ3n) is 4.50. The molecule has 0 bridgehead atoms. The van der Waals surface area contributed by atoms with Gasteiger partial charge in [-0.15, -0.1) is 0 Å². The predicted octanol–water partition coefficient (Wildman–Crippen LogP) is 4.88. The number of benzene rings is 3. The SMILES string of the molecule is Cc1ccc(C)c(OCC(=O)Nc2ccc(NC(=O)c3ccccc3)c(C)c2)c1. The van der Waals surface area contributed by atoms with Gasteiger partial charge in [-0.2, -0.15) is 0 Å². The van der Waals surface area contributed by atoms with Gasteiger partial charge in [0.05, 0.1) is 0 Å². The third-order valence-corrected chi connectivity index (χ3v) is 4.50. The van der Waals surface area contributed by atoms with Crippen LogP contribution in [-0.4, -0.2) is 18.4 Å². The molecule has 148 valence electrons. The first kappa shape index (κ1) is 20.1. The molecule has 0 radical (unpaired) electrons. The van der Waals surface area contributed by atoms with Gasteiger partial charge in [-0.25, -0.2) is 0 Å². The summed E-state index contributed by atoms with van der Waals surface area (Å²) in [5.74, 6) is 0.286. The van der Waals surface area contributed by atoms with E-state index >= 15 is 0 Å². The maximum Gasteiger partial charge on any atom is 0.262 e. The second-order valence-corrected chi connectivity index (χ2v) is 6.96. The number of rotatable bonds is 6. The summed E-state index contributed by atoms with van der Waals surface area (Å²) in [4.78, 5) is 24.5. The van der Waals surface area contributed by atoms with Crippen molar-refractivity contribution in [2.75, 3.05) is 17.2 Å². The van der Waals surface area contributed by atoms with E-state index in [1.807, 2.05) is 63.2 Å². The fourth-order valence-electron chi connectivity index (χ4n) is 2.87. The molecule has 0 aliphatic carbocycles. The molecule has 0 aliphatic heterocycles. The summed E-state index contributed by atoms with van der Waals surface area (Å²) >= 11 is 0. The van der Waals surface area contributed by atoms with Crippen molar-refractivity contribution in [2.24, 2.45) is 0 Å². The summed E-state index contributed by atoms with van der Waals surface area (Å²) in [5, 5.41) is 5.71. The second-order valence-electron chi connectivity index (χ2n) is 6.96. The molecule has 2 amide bonds. The molecule has 29 heavy (non-hydrogen) atoms. The van der Waals surface area contributed by atoms with Gasteiger partial charge in [0.2, 0.25) is 0 Å². The summed E-state index contributed by atoms with van der Waals surface area (Å²) in [6.07, 6.45) is 0. The number of anilines is 2. The highest BCUT2D eigenvalue weighted by atomic mass is 16.5. The van der Waals surface area contributed by atoms with Crippen LogP contribution in [0.1, 0.15) is 27.0 Å². The van der Waals surface area contributed by atoms with E-state index in [1.54, 1.807) is 24.3 Å². The summed E-state index contributed by atoms with van der Waals surface area (Å²) in [6.45, 7) is 5.73. The molecule has 5 heteroatoms. The van der Waals surface area contributed by atoms with E-state index in [0.29, 0.717) is 22.7 Å². The Hall–Kier alpha value is -3.60. The van der Waals surface area contributed by atoms with Gasteiger partial charge in [0.25, 0.3) is 11.8 Å². The largest absolute Gasteiger partial charge is 0.483 e. The van der Waals surface area contributed by atoms with Crippen molar-refractivity contribution in [3.05, 3.63) is 89.0 Å². The van der Waals surface area contributed by atoms with Gasteiger partial charge in [0.1, 0.15) is 5.75 Å². The lowest BCUT2D eigenvalue weighted by Crippen LogP contribution is -2.20. The molecule has 0 fully saturated rings. The zero-order chi connectivity index (χ0) is 20.8. The normalized spacial score (nSPS) is 10.3. The highest BCUT2D eigenvalue weighted by molar-refractivity contribution is 6.04. The summed E-state index contributed by atoms with van der Waals surface area (Å²) in [6, 6.07) is 20.3. The van der Waals surface area contributed by atoms with Crippen LogP contribution < -0.4 is 15.4 Å². The van der Waals surface area contributed by atoms with Crippen molar-refractivity contribution in [2.45, 2.75) is 20.8 Å². The number of ether oxygens (including phenoxy) is 1. The topological polar surface area (TPSA) is 67.4 Å². The smallest absolute Gasteiger partial charge is 0.262 e. The van der Waals surface area contributed by atoms with Gasteiger partial charge < -0.3 is 15.4 Å². The lowest BCUT2D eigenvalue weighted by molar-refractivity contribution is -0.118. The first-order valence-corrected chi connectivity index (χ1v) is 9.39. The Labute approximate surface area is 170 Å². The molecule has 0 aromatic heterocycles. The van der Waals surface area contributed by atoms with Crippen molar-refractivity contribution < 1.29 is 14.3 Å². The monoisotopic (exact) mass is 388 g/mol. The first-order valence-electron chi connectivity index (χ1n) is 9.39. The molecule has 0 heterocycles. The molecule has 2 N–H and O–H groups in total. The van der Waals surface area contributed by atoms with E-state index < -0.39 is 0 Å². The third kappa shape index (κ3) is 5.45. The molecule has 3 aromatic carbocycles. The van der Waals surface area contributed by atoms with E-state index in [9.17, 15) is 9.59 Å². The maximum absolute atomic E-state index is 12.3. The van der Waals surface area contributed by atoms with E-state index in [2.05, 4.69) is 10.6 Å². The Balaban J connectivity index is 1.59. The average molecular weight is 388 g/mol. The highest BCUT2D eigenvalue weighted by Gasteiger charge is 2.10. The predicted molar refractivity (Wildman–Crippen MR) is 116 cm³/mol. The number of hydrogen-bond acceptors (Lipinski definition) is 3. The number of carbonyl (C=O) groups excluding carboxylic acids is 2. The first-order chi connectivity index (χ1) is 13.9. The van der Waals surface area contributed by atoms with E-state index in [-0.39, 0.29) is 18.4 Å². The van der Waals surface area contributed by atoms with Crippen LogP contribution in [0.15, 0.2) is 66.7 Å². The minimum absolute atomic E-state index is 0.0736. The molecular formula is C24H24N2O3. The van der Waals surface area contributed by atoms with Crippen molar-refractivity contribution in [1.82, 2.24) is 0 Å². The molecule has 0 saturated heterocycles. The molecular weight excluding hydrogens is 364 g/mol. The summed E-state index contributed by atoms with van der Waals surface area (Å²) in [7, 11) is 0. The van der Waals surface area contributed by atoms with Crippen LogP contribution in [0.25, 0.3) is 0 Å². The Bertz CT molecular complexity index is 1030. The fourth-order valence-corrected chi connectivity index (χ4v) is 2.87.